The van der Waals surface area contributed by atoms with Crippen molar-refractivity contribution in [1.29, 1.82) is 0 Å². The van der Waals surface area contributed by atoms with Crippen molar-refractivity contribution in [2.45, 2.75) is 26.7 Å². The number of nitrogens with zero attached hydrogens (tertiary/aromatic N) is 2. The van der Waals surface area contributed by atoms with Crippen LogP contribution in [-0.2, 0) is 0 Å². The number of aromatic amines is 1. The van der Waals surface area contributed by atoms with E-state index in [9.17, 15) is 9.90 Å². The first-order valence-electron chi connectivity index (χ1n) is 9.52. The van der Waals surface area contributed by atoms with Crippen molar-refractivity contribution in [2.24, 2.45) is 5.92 Å². The molecule has 1 fully saturated rings. The summed E-state index contributed by atoms with van der Waals surface area (Å²) in [5, 5.41) is 9.93. The first-order valence-corrected chi connectivity index (χ1v) is 9.52. The molecule has 1 aliphatic rings. The Labute approximate surface area is 158 Å². The maximum absolute atomic E-state index is 12.5. The van der Waals surface area contributed by atoms with Gasteiger partial charge in [0.15, 0.2) is 0 Å². The van der Waals surface area contributed by atoms with Gasteiger partial charge in [-0.1, -0.05) is 6.07 Å². The summed E-state index contributed by atoms with van der Waals surface area (Å²) in [6, 6.07) is 12.1. The van der Waals surface area contributed by atoms with E-state index in [4.69, 9.17) is 4.98 Å². The second kappa shape index (κ2) is 7.16. The third-order valence-corrected chi connectivity index (χ3v) is 5.52. The van der Waals surface area contributed by atoms with Gasteiger partial charge < -0.3 is 15.0 Å². The summed E-state index contributed by atoms with van der Waals surface area (Å²) in [4.78, 5) is 22.5. The van der Waals surface area contributed by atoms with Gasteiger partial charge in [0.1, 0.15) is 5.82 Å². The summed E-state index contributed by atoms with van der Waals surface area (Å²) >= 11 is 0. The Kier molecular flexibility index (Phi) is 4.70. The third-order valence-electron chi connectivity index (χ3n) is 5.52. The molecule has 4 rings (SSSR count). The monoisotopic (exact) mass is 363 g/mol. The van der Waals surface area contributed by atoms with Gasteiger partial charge in [-0.25, -0.2) is 4.98 Å². The highest BCUT2D eigenvalue weighted by Gasteiger charge is 2.18. The second-order valence-corrected chi connectivity index (χ2v) is 7.55. The summed E-state index contributed by atoms with van der Waals surface area (Å²) < 4.78 is 0. The molecule has 2 N–H and O–H groups in total. The lowest BCUT2D eigenvalue weighted by Crippen LogP contribution is -2.34. The highest BCUT2D eigenvalue weighted by atomic mass is 16.3. The lowest BCUT2D eigenvalue weighted by molar-refractivity contribution is 0.203. The number of aliphatic hydroxyl groups excluding tert-OH is 1. The highest BCUT2D eigenvalue weighted by Crippen LogP contribution is 2.26. The number of aromatic nitrogens is 2. The van der Waals surface area contributed by atoms with E-state index in [1.54, 1.807) is 0 Å². The van der Waals surface area contributed by atoms with Crippen molar-refractivity contribution in [1.82, 2.24) is 9.97 Å². The smallest absolute Gasteiger partial charge is 0.259 e. The number of hydrogen-bond donors (Lipinski definition) is 2. The number of aryl methyl sites for hydroxylation is 2. The summed E-state index contributed by atoms with van der Waals surface area (Å²) in [7, 11) is 0. The van der Waals surface area contributed by atoms with Crippen LogP contribution in [0.1, 0.15) is 24.0 Å². The van der Waals surface area contributed by atoms with Gasteiger partial charge in [0.25, 0.3) is 5.56 Å². The molecular formula is C22H25N3O2. The van der Waals surface area contributed by atoms with Gasteiger partial charge in [-0.05, 0) is 74.1 Å². The first-order chi connectivity index (χ1) is 13.0. The van der Waals surface area contributed by atoms with Crippen LogP contribution in [0.3, 0.4) is 0 Å². The second-order valence-electron chi connectivity index (χ2n) is 7.55. The summed E-state index contributed by atoms with van der Waals surface area (Å²) in [5.41, 5.74) is 4.81. The molecule has 0 radical (unpaired) electrons. The Morgan fingerprint density at radius 3 is 2.52 bits per heavy atom. The summed E-state index contributed by atoms with van der Waals surface area (Å²) in [5.74, 6) is 1.03. The van der Waals surface area contributed by atoms with E-state index < -0.39 is 0 Å². The Balaban J connectivity index is 1.63. The quantitative estimate of drug-likeness (QED) is 0.748. The molecule has 0 atom stereocenters. The molecule has 1 aromatic heterocycles. The Bertz CT molecular complexity index is 1020. The van der Waals surface area contributed by atoms with E-state index in [0.29, 0.717) is 17.1 Å². The van der Waals surface area contributed by atoms with Crippen molar-refractivity contribution < 1.29 is 5.11 Å². The molecule has 0 amide bonds. The van der Waals surface area contributed by atoms with Gasteiger partial charge in [0.05, 0.1) is 10.9 Å². The van der Waals surface area contributed by atoms with Crippen LogP contribution in [0.15, 0.2) is 41.2 Å². The molecule has 5 heteroatoms. The summed E-state index contributed by atoms with van der Waals surface area (Å²) in [6.07, 6.45) is 2.05. The fourth-order valence-electron chi connectivity index (χ4n) is 3.94. The maximum Gasteiger partial charge on any atom is 0.259 e. The molecule has 2 heterocycles. The zero-order chi connectivity index (χ0) is 19.0. The molecule has 0 unspecified atom stereocenters. The number of hydrogen-bond acceptors (Lipinski definition) is 4. The SMILES string of the molecule is Cc1cc(C)c2nc(-c3ccc(N4CCC(CO)CC4)cc3)[nH]c(=O)c2c1. The number of rotatable bonds is 3. The fourth-order valence-corrected chi connectivity index (χ4v) is 3.94. The number of H-pyrrole nitrogens is 1. The van der Waals surface area contributed by atoms with Crippen LogP contribution in [0.5, 0.6) is 0 Å². The van der Waals surface area contributed by atoms with Gasteiger partial charge in [-0.3, -0.25) is 4.79 Å². The lowest BCUT2D eigenvalue weighted by Gasteiger charge is -2.32. The van der Waals surface area contributed by atoms with E-state index >= 15 is 0 Å². The Morgan fingerprint density at radius 2 is 1.85 bits per heavy atom. The number of aliphatic hydroxyl groups is 1. The standard InChI is InChI=1S/C22H25N3O2/c1-14-11-15(2)20-19(12-14)22(27)24-21(23-20)17-3-5-18(6-4-17)25-9-7-16(13-26)8-10-25/h3-6,11-12,16,26H,7-10,13H2,1-2H3,(H,23,24,27). The van der Waals surface area contributed by atoms with E-state index in [1.165, 1.54) is 5.69 Å². The molecule has 0 aliphatic carbocycles. The third kappa shape index (κ3) is 3.47. The van der Waals surface area contributed by atoms with E-state index in [0.717, 1.165) is 48.1 Å². The van der Waals surface area contributed by atoms with Crippen molar-refractivity contribution >= 4 is 16.6 Å². The van der Waals surface area contributed by atoms with Crippen molar-refractivity contribution in [3.8, 4) is 11.4 Å². The van der Waals surface area contributed by atoms with Gasteiger partial charge in [0.2, 0.25) is 0 Å². The average molecular weight is 363 g/mol. The molecule has 3 aromatic rings. The van der Waals surface area contributed by atoms with E-state index in [1.807, 2.05) is 32.0 Å². The van der Waals surface area contributed by atoms with Gasteiger partial charge >= 0.3 is 0 Å². The van der Waals surface area contributed by atoms with Crippen LogP contribution < -0.4 is 10.5 Å². The van der Waals surface area contributed by atoms with Crippen LogP contribution in [-0.4, -0.2) is 34.8 Å². The normalized spacial score (nSPS) is 15.4. The van der Waals surface area contributed by atoms with E-state index in [-0.39, 0.29) is 12.2 Å². The molecule has 140 valence electrons. The number of benzene rings is 2. The minimum atomic E-state index is -0.100. The highest BCUT2D eigenvalue weighted by molar-refractivity contribution is 5.83. The first kappa shape index (κ1) is 17.7. The predicted molar refractivity (Wildman–Crippen MR) is 109 cm³/mol. The molecule has 27 heavy (non-hydrogen) atoms. The molecule has 1 aliphatic heterocycles. The molecule has 5 nitrogen and oxygen atoms in total. The van der Waals surface area contributed by atoms with Gasteiger partial charge in [0, 0.05) is 30.9 Å². The minimum absolute atomic E-state index is 0.100. The zero-order valence-corrected chi connectivity index (χ0v) is 15.8. The zero-order valence-electron chi connectivity index (χ0n) is 15.8. The lowest BCUT2D eigenvalue weighted by atomic mass is 9.97. The topological polar surface area (TPSA) is 69.2 Å². The van der Waals surface area contributed by atoms with Crippen LogP contribution in [0.4, 0.5) is 5.69 Å². The molecule has 0 bridgehead atoms. The van der Waals surface area contributed by atoms with Crippen molar-refractivity contribution in [3.63, 3.8) is 0 Å². The van der Waals surface area contributed by atoms with Crippen LogP contribution in [0.25, 0.3) is 22.3 Å². The molecule has 1 saturated heterocycles. The largest absolute Gasteiger partial charge is 0.396 e. The van der Waals surface area contributed by atoms with Crippen LogP contribution in [0.2, 0.25) is 0 Å². The Morgan fingerprint density at radius 1 is 1.15 bits per heavy atom. The van der Waals surface area contributed by atoms with Crippen LogP contribution >= 0.6 is 0 Å². The Hall–Kier alpha value is -2.66. The number of piperidine rings is 1. The average Bonchev–Trinajstić information content (AvgIpc) is 2.69. The van der Waals surface area contributed by atoms with E-state index in [2.05, 4.69) is 28.1 Å². The van der Waals surface area contributed by atoms with Gasteiger partial charge in [-0.2, -0.15) is 0 Å². The molecule has 0 spiro atoms. The molecular weight excluding hydrogens is 338 g/mol. The number of nitrogens with one attached hydrogen (secondary N) is 1. The predicted octanol–water partition coefficient (Wildman–Crippen LogP) is 3.42. The molecule has 0 saturated carbocycles. The van der Waals surface area contributed by atoms with Crippen molar-refractivity contribution in [3.05, 3.63) is 57.9 Å². The number of fused-ring (bicyclic) bond motifs is 1. The minimum Gasteiger partial charge on any atom is -0.396 e. The van der Waals surface area contributed by atoms with Gasteiger partial charge in [-0.15, -0.1) is 0 Å². The maximum atomic E-state index is 12.5. The van der Waals surface area contributed by atoms with Crippen LogP contribution in [0, 0.1) is 19.8 Å². The fraction of sp³-hybridized carbons (Fsp3) is 0.364. The number of anilines is 1. The molecule has 2 aromatic carbocycles. The summed E-state index contributed by atoms with van der Waals surface area (Å²) in [6.45, 7) is 6.20. The van der Waals surface area contributed by atoms with Crippen molar-refractivity contribution in [2.75, 3.05) is 24.6 Å².